The predicted octanol–water partition coefficient (Wildman–Crippen LogP) is 2.28. The first-order valence-electron chi connectivity index (χ1n) is 8.03. The summed E-state index contributed by atoms with van der Waals surface area (Å²) < 4.78 is 0. The fraction of sp³-hybridized carbons (Fsp3) is 0.294. The van der Waals surface area contributed by atoms with Gasteiger partial charge in [-0.15, -0.1) is 11.3 Å². The van der Waals surface area contributed by atoms with Crippen molar-refractivity contribution in [3.05, 3.63) is 50.9 Å². The van der Waals surface area contributed by atoms with E-state index in [-0.39, 0.29) is 17.2 Å². The van der Waals surface area contributed by atoms with E-state index in [1.807, 2.05) is 12.1 Å². The van der Waals surface area contributed by atoms with Gasteiger partial charge in [0.15, 0.2) is 5.16 Å². The summed E-state index contributed by atoms with van der Waals surface area (Å²) in [6.45, 7) is 0.438. The summed E-state index contributed by atoms with van der Waals surface area (Å²) in [6, 6.07) is 3.74. The number of amides is 1. The summed E-state index contributed by atoms with van der Waals surface area (Å²) in [7, 11) is 0. The Morgan fingerprint density at radius 3 is 3.16 bits per heavy atom. The standard InChI is InChI=1S/C17H16N4O2S2/c22-13(19-8-10-3-2-6-18-7-10)9-24-17-20-15(23)14-11-4-1-5-12(11)25-16(14)21-17/h2-3,6-7H,1,4-5,8-9H2,(H,19,22)(H,20,21,23). The molecule has 0 atom stereocenters. The fourth-order valence-corrected chi connectivity index (χ4v) is 4.95. The normalized spacial score (nSPS) is 13.1. The number of fused-ring (bicyclic) bond motifs is 3. The van der Waals surface area contributed by atoms with Gasteiger partial charge in [0.2, 0.25) is 5.91 Å². The van der Waals surface area contributed by atoms with Crippen LogP contribution in [0.25, 0.3) is 10.2 Å². The van der Waals surface area contributed by atoms with Crippen LogP contribution in [0.15, 0.2) is 34.5 Å². The molecule has 128 valence electrons. The van der Waals surface area contributed by atoms with Gasteiger partial charge in [-0.2, -0.15) is 0 Å². The maximum absolute atomic E-state index is 12.4. The van der Waals surface area contributed by atoms with Crippen molar-refractivity contribution in [3.8, 4) is 0 Å². The number of pyridine rings is 1. The molecule has 0 aromatic carbocycles. The van der Waals surface area contributed by atoms with Gasteiger partial charge in [-0.25, -0.2) is 4.98 Å². The van der Waals surface area contributed by atoms with Crippen molar-refractivity contribution in [2.24, 2.45) is 0 Å². The molecule has 0 unspecified atom stereocenters. The molecular formula is C17H16N4O2S2. The molecule has 4 rings (SSSR count). The van der Waals surface area contributed by atoms with Gasteiger partial charge in [0.25, 0.3) is 5.56 Å². The summed E-state index contributed by atoms with van der Waals surface area (Å²) >= 11 is 2.85. The van der Waals surface area contributed by atoms with E-state index in [9.17, 15) is 9.59 Å². The number of aromatic amines is 1. The third-order valence-corrected chi connectivity index (χ3v) is 6.16. The molecule has 2 N–H and O–H groups in total. The van der Waals surface area contributed by atoms with Gasteiger partial charge in [0.05, 0.1) is 11.1 Å². The highest BCUT2D eigenvalue weighted by atomic mass is 32.2. The molecule has 1 amide bonds. The minimum absolute atomic E-state index is 0.0948. The molecule has 0 fully saturated rings. The number of rotatable bonds is 5. The maximum atomic E-state index is 12.4. The van der Waals surface area contributed by atoms with Crippen LogP contribution in [-0.4, -0.2) is 26.6 Å². The first kappa shape index (κ1) is 16.3. The number of aryl methyl sites for hydroxylation is 2. The van der Waals surface area contributed by atoms with E-state index in [4.69, 9.17) is 0 Å². The first-order valence-corrected chi connectivity index (χ1v) is 9.84. The van der Waals surface area contributed by atoms with Crippen LogP contribution in [0.2, 0.25) is 0 Å². The summed E-state index contributed by atoms with van der Waals surface area (Å²) in [6.07, 6.45) is 6.53. The van der Waals surface area contributed by atoms with Crippen LogP contribution in [0, 0.1) is 0 Å². The minimum atomic E-state index is -0.106. The van der Waals surface area contributed by atoms with Crippen molar-refractivity contribution in [3.63, 3.8) is 0 Å². The number of carbonyl (C=O) groups excluding carboxylic acids is 1. The molecule has 25 heavy (non-hydrogen) atoms. The van der Waals surface area contributed by atoms with E-state index in [1.54, 1.807) is 23.7 Å². The molecule has 3 aromatic heterocycles. The number of aromatic nitrogens is 3. The Balaban J connectivity index is 1.41. The number of hydrogen-bond donors (Lipinski definition) is 2. The van der Waals surface area contributed by atoms with Gasteiger partial charge in [-0.3, -0.25) is 14.6 Å². The van der Waals surface area contributed by atoms with Crippen molar-refractivity contribution < 1.29 is 4.79 Å². The molecule has 1 aliphatic carbocycles. The van der Waals surface area contributed by atoms with E-state index in [0.29, 0.717) is 11.7 Å². The second-order valence-electron chi connectivity index (χ2n) is 5.84. The molecule has 0 saturated carbocycles. The lowest BCUT2D eigenvalue weighted by Gasteiger charge is -2.05. The SMILES string of the molecule is O=C(CSc1nc2sc3c(c2c(=O)[nH]1)CCC3)NCc1cccnc1. The van der Waals surface area contributed by atoms with Gasteiger partial charge >= 0.3 is 0 Å². The van der Waals surface area contributed by atoms with Crippen LogP contribution in [-0.2, 0) is 24.2 Å². The second-order valence-corrected chi connectivity index (χ2v) is 7.88. The topological polar surface area (TPSA) is 87.7 Å². The smallest absolute Gasteiger partial charge is 0.260 e. The van der Waals surface area contributed by atoms with Gasteiger partial charge in [-0.1, -0.05) is 17.8 Å². The molecular weight excluding hydrogens is 356 g/mol. The van der Waals surface area contributed by atoms with Crippen LogP contribution in [0.3, 0.4) is 0 Å². The highest BCUT2D eigenvalue weighted by Crippen LogP contribution is 2.34. The molecule has 0 bridgehead atoms. The summed E-state index contributed by atoms with van der Waals surface area (Å²) in [4.78, 5) is 37.8. The number of thioether (sulfide) groups is 1. The third kappa shape index (κ3) is 3.45. The largest absolute Gasteiger partial charge is 0.351 e. The quantitative estimate of drug-likeness (QED) is 0.530. The Morgan fingerprint density at radius 1 is 1.40 bits per heavy atom. The van der Waals surface area contributed by atoms with Crippen molar-refractivity contribution >= 4 is 39.2 Å². The molecule has 0 saturated heterocycles. The summed E-state index contributed by atoms with van der Waals surface area (Å²) in [5.74, 6) is 0.102. The molecule has 8 heteroatoms. The van der Waals surface area contributed by atoms with Crippen LogP contribution < -0.4 is 10.9 Å². The van der Waals surface area contributed by atoms with Crippen LogP contribution >= 0.6 is 23.1 Å². The summed E-state index contributed by atoms with van der Waals surface area (Å²) in [5.41, 5.74) is 2.02. The Hall–Kier alpha value is -2.19. The maximum Gasteiger partial charge on any atom is 0.260 e. The van der Waals surface area contributed by atoms with Gasteiger partial charge in [0.1, 0.15) is 4.83 Å². The zero-order valence-electron chi connectivity index (χ0n) is 13.4. The fourth-order valence-electron chi connectivity index (χ4n) is 2.94. The Morgan fingerprint density at radius 2 is 2.32 bits per heavy atom. The Labute approximate surface area is 152 Å². The average Bonchev–Trinajstić information content (AvgIpc) is 3.19. The number of thiophene rings is 1. The van der Waals surface area contributed by atoms with Gasteiger partial charge in [0, 0.05) is 23.8 Å². The molecule has 0 aliphatic heterocycles. The lowest BCUT2D eigenvalue weighted by Crippen LogP contribution is -2.24. The van der Waals surface area contributed by atoms with Crippen LogP contribution in [0.4, 0.5) is 0 Å². The van der Waals surface area contributed by atoms with Crippen molar-refractivity contribution in [2.75, 3.05) is 5.75 Å². The third-order valence-electron chi connectivity index (χ3n) is 4.11. The number of H-pyrrole nitrogens is 1. The number of nitrogens with zero attached hydrogens (tertiary/aromatic N) is 2. The molecule has 3 heterocycles. The van der Waals surface area contributed by atoms with Crippen molar-refractivity contribution in [1.29, 1.82) is 0 Å². The predicted molar refractivity (Wildman–Crippen MR) is 99.1 cm³/mol. The zero-order chi connectivity index (χ0) is 17.2. The first-order chi connectivity index (χ1) is 12.2. The van der Waals surface area contributed by atoms with E-state index < -0.39 is 0 Å². The molecule has 6 nitrogen and oxygen atoms in total. The summed E-state index contributed by atoms with van der Waals surface area (Å²) in [5, 5.41) is 4.07. The van der Waals surface area contributed by atoms with E-state index in [1.165, 1.54) is 22.2 Å². The van der Waals surface area contributed by atoms with Crippen molar-refractivity contribution in [1.82, 2.24) is 20.3 Å². The van der Waals surface area contributed by atoms with Crippen LogP contribution in [0.5, 0.6) is 0 Å². The Kier molecular flexibility index (Phi) is 4.54. The van der Waals surface area contributed by atoms with Crippen molar-refractivity contribution in [2.45, 2.75) is 31.0 Å². The van der Waals surface area contributed by atoms with E-state index >= 15 is 0 Å². The number of hydrogen-bond acceptors (Lipinski definition) is 6. The lowest BCUT2D eigenvalue weighted by molar-refractivity contribution is -0.118. The molecule has 3 aromatic rings. The van der Waals surface area contributed by atoms with E-state index in [2.05, 4.69) is 20.3 Å². The average molecular weight is 372 g/mol. The molecule has 0 radical (unpaired) electrons. The Bertz CT molecular complexity index is 981. The van der Waals surface area contributed by atoms with Gasteiger partial charge < -0.3 is 10.3 Å². The minimum Gasteiger partial charge on any atom is -0.351 e. The number of carbonyl (C=O) groups is 1. The van der Waals surface area contributed by atoms with Crippen LogP contribution in [0.1, 0.15) is 22.4 Å². The monoisotopic (exact) mass is 372 g/mol. The highest BCUT2D eigenvalue weighted by molar-refractivity contribution is 7.99. The van der Waals surface area contributed by atoms with Gasteiger partial charge in [-0.05, 0) is 36.5 Å². The lowest BCUT2D eigenvalue weighted by atomic mass is 10.2. The number of nitrogens with one attached hydrogen (secondary N) is 2. The zero-order valence-corrected chi connectivity index (χ0v) is 15.0. The van der Waals surface area contributed by atoms with E-state index in [0.717, 1.165) is 35.0 Å². The molecule has 0 spiro atoms. The second kappa shape index (κ2) is 6.97. The molecule has 1 aliphatic rings. The highest BCUT2D eigenvalue weighted by Gasteiger charge is 2.21.